The Hall–Kier alpha value is -3.63. The van der Waals surface area contributed by atoms with E-state index in [4.69, 9.17) is 0 Å². The Morgan fingerprint density at radius 1 is 1.31 bits per heavy atom. The number of aromatic nitrogens is 2. The fourth-order valence-electron chi connectivity index (χ4n) is 4.20. The molecule has 4 rings (SSSR count). The molecule has 3 heterocycles. The standard InChI is InChI=1S/C21H25FN6O4/c1-26-10-15(9-24-26)13-7-14(19(29)30)12-27(11-13)21(32)25-16-3-4-17(22)18(8-16)28-6-2-5-23-20(28)31/h3-4,8-10,13-14H,2,5-7,11-12H2,1H3,(H,23,31)(H,25,32)(H,29,30). The van der Waals surface area contributed by atoms with Crippen LogP contribution in [0.4, 0.5) is 25.4 Å². The summed E-state index contributed by atoms with van der Waals surface area (Å²) in [5.41, 5.74) is 1.27. The number of piperidine rings is 1. The molecule has 0 radical (unpaired) electrons. The highest BCUT2D eigenvalue weighted by atomic mass is 19.1. The molecule has 2 aliphatic rings. The monoisotopic (exact) mass is 444 g/mol. The summed E-state index contributed by atoms with van der Waals surface area (Å²) in [6.07, 6.45) is 4.60. The summed E-state index contributed by atoms with van der Waals surface area (Å²) in [7, 11) is 1.78. The second-order valence-corrected chi connectivity index (χ2v) is 8.15. The van der Waals surface area contributed by atoms with Crippen LogP contribution in [0.15, 0.2) is 30.6 Å². The van der Waals surface area contributed by atoms with E-state index in [0.717, 1.165) is 5.56 Å². The number of benzene rings is 1. The minimum atomic E-state index is -0.962. The third-order valence-electron chi connectivity index (χ3n) is 5.85. The van der Waals surface area contributed by atoms with Crippen molar-refractivity contribution in [3.8, 4) is 0 Å². The topological polar surface area (TPSA) is 120 Å². The van der Waals surface area contributed by atoms with Crippen molar-refractivity contribution >= 4 is 29.4 Å². The van der Waals surface area contributed by atoms with E-state index in [0.29, 0.717) is 38.2 Å². The second-order valence-electron chi connectivity index (χ2n) is 8.15. The largest absolute Gasteiger partial charge is 0.481 e. The number of hydrogen-bond donors (Lipinski definition) is 3. The molecular weight excluding hydrogens is 419 g/mol. The number of nitrogens with zero attached hydrogens (tertiary/aromatic N) is 4. The summed E-state index contributed by atoms with van der Waals surface area (Å²) in [6.45, 7) is 1.31. The highest BCUT2D eigenvalue weighted by Crippen LogP contribution is 2.31. The Kier molecular flexibility index (Phi) is 5.97. The number of likely N-dealkylation sites (tertiary alicyclic amines) is 1. The van der Waals surface area contributed by atoms with Crippen molar-refractivity contribution < 1.29 is 23.9 Å². The molecule has 2 saturated heterocycles. The van der Waals surface area contributed by atoms with Crippen LogP contribution in [0.25, 0.3) is 0 Å². The highest BCUT2D eigenvalue weighted by molar-refractivity contribution is 5.95. The van der Waals surface area contributed by atoms with E-state index in [1.807, 2.05) is 6.20 Å². The first kappa shape index (κ1) is 21.6. The Bertz CT molecular complexity index is 1040. The number of carbonyl (C=O) groups is 3. The highest BCUT2D eigenvalue weighted by Gasteiger charge is 2.35. The zero-order valence-electron chi connectivity index (χ0n) is 17.6. The number of halogens is 1. The molecule has 170 valence electrons. The first-order valence-electron chi connectivity index (χ1n) is 10.4. The van der Waals surface area contributed by atoms with Gasteiger partial charge >= 0.3 is 18.0 Å². The molecule has 0 saturated carbocycles. The molecule has 10 nitrogen and oxygen atoms in total. The van der Waals surface area contributed by atoms with E-state index in [1.165, 1.54) is 28.0 Å². The van der Waals surface area contributed by atoms with E-state index < -0.39 is 29.8 Å². The Morgan fingerprint density at radius 2 is 2.12 bits per heavy atom. The summed E-state index contributed by atoms with van der Waals surface area (Å²) in [6, 6.07) is 3.15. The predicted molar refractivity (Wildman–Crippen MR) is 114 cm³/mol. The lowest BCUT2D eigenvalue weighted by Crippen LogP contribution is -2.47. The maximum absolute atomic E-state index is 14.4. The van der Waals surface area contributed by atoms with Crippen LogP contribution in [-0.2, 0) is 11.8 Å². The maximum Gasteiger partial charge on any atom is 0.321 e. The zero-order valence-corrected chi connectivity index (χ0v) is 17.6. The van der Waals surface area contributed by atoms with Crippen molar-refractivity contribution in [2.75, 3.05) is 36.4 Å². The molecule has 2 atom stereocenters. The third-order valence-corrected chi connectivity index (χ3v) is 5.85. The molecule has 4 amide bonds. The number of anilines is 2. The van der Waals surface area contributed by atoms with Crippen LogP contribution < -0.4 is 15.5 Å². The molecule has 2 aromatic rings. The molecule has 0 aliphatic carbocycles. The van der Waals surface area contributed by atoms with Gasteiger partial charge in [-0.1, -0.05) is 0 Å². The number of carboxylic acids is 1. The molecule has 2 fully saturated rings. The lowest BCUT2D eigenvalue weighted by Gasteiger charge is -2.36. The van der Waals surface area contributed by atoms with Crippen LogP contribution in [-0.4, -0.2) is 64.0 Å². The van der Waals surface area contributed by atoms with Gasteiger partial charge in [0.1, 0.15) is 5.82 Å². The van der Waals surface area contributed by atoms with Gasteiger partial charge in [-0.05, 0) is 36.6 Å². The van der Waals surface area contributed by atoms with E-state index in [1.54, 1.807) is 17.9 Å². The van der Waals surface area contributed by atoms with Crippen LogP contribution in [0.2, 0.25) is 0 Å². The van der Waals surface area contributed by atoms with Gasteiger partial charge in [0, 0.05) is 51.0 Å². The summed E-state index contributed by atoms with van der Waals surface area (Å²) < 4.78 is 16.0. The molecule has 0 bridgehead atoms. The number of hydrogen-bond acceptors (Lipinski definition) is 4. The molecule has 1 aromatic heterocycles. The van der Waals surface area contributed by atoms with Crippen LogP contribution in [0.1, 0.15) is 24.3 Å². The Morgan fingerprint density at radius 3 is 2.81 bits per heavy atom. The average molecular weight is 444 g/mol. The second kappa shape index (κ2) is 8.85. The van der Waals surface area contributed by atoms with E-state index >= 15 is 0 Å². The lowest BCUT2D eigenvalue weighted by atomic mass is 9.86. The molecule has 0 spiro atoms. The first-order chi connectivity index (χ1) is 15.3. The molecule has 2 aliphatic heterocycles. The van der Waals surface area contributed by atoms with E-state index in [9.17, 15) is 23.9 Å². The Labute approximate surface area is 184 Å². The molecule has 1 aromatic carbocycles. The predicted octanol–water partition coefficient (Wildman–Crippen LogP) is 2.20. The van der Waals surface area contributed by atoms with Crippen molar-refractivity contribution in [1.82, 2.24) is 20.0 Å². The number of rotatable bonds is 4. The Balaban J connectivity index is 1.51. The van der Waals surface area contributed by atoms with Gasteiger partial charge in [0.25, 0.3) is 0 Å². The first-order valence-corrected chi connectivity index (χ1v) is 10.4. The number of carboxylic acid groups (broad SMARTS) is 1. The van der Waals surface area contributed by atoms with Gasteiger partial charge in [0.15, 0.2) is 0 Å². The SMILES string of the molecule is Cn1cc(C2CC(C(=O)O)CN(C(=O)Nc3ccc(F)c(N4CCCNC4=O)c3)C2)cn1. The lowest BCUT2D eigenvalue weighted by molar-refractivity contribution is -0.143. The number of carbonyl (C=O) groups excluding carboxylic acids is 2. The van der Waals surface area contributed by atoms with E-state index in [2.05, 4.69) is 15.7 Å². The number of aliphatic carboxylic acids is 1. The molecule has 32 heavy (non-hydrogen) atoms. The van der Waals surface area contributed by atoms with Crippen molar-refractivity contribution in [3.05, 3.63) is 42.0 Å². The number of aryl methyl sites for hydroxylation is 1. The van der Waals surface area contributed by atoms with Crippen LogP contribution in [0.3, 0.4) is 0 Å². The van der Waals surface area contributed by atoms with Gasteiger partial charge in [-0.25, -0.2) is 14.0 Å². The number of nitrogens with one attached hydrogen (secondary N) is 2. The number of urea groups is 2. The summed E-state index contributed by atoms with van der Waals surface area (Å²) >= 11 is 0. The van der Waals surface area contributed by atoms with Crippen molar-refractivity contribution in [2.45, 2.75) is 18.8 Å². The maximum atomic E-state index is 14.4. The van der Waals surface area contributed by atoms with Gasteiger partial charge in [0.2, 0.25) is 0 Å². The smallest absolute Gasteiger partial charge is 0.321 e. The summed E-state index contributed by atoms with van der Waals surface area (Å²) in [5, 5.41) is 19.1. The van der Waals surface area contributed by atoms with Crippen LogP contribution in [0, 0.1) is 11.7 Å². The summed E-state index contributed by atoms with van der Waals surface area (Å²) in [5.74, 6) is -2.40. The minimum absolute atomic E-state index is 0.0700. The summed E-state index contributed by atoms with van der Waals surface area (Å²) in [4.78, 5) is 39.5. The van der Waals surface area contributed by atoms with Gasteiger partial charge in [-0.15, -0.1) is 0 Å². The van der Waals surface area contributed by atoms with Crippen LogP contribution >= 0.6 is 0 Å². The zero-order chi connectivity index (χ0) is 22.8. The fraction of sp³-hybridized carbons (Fsp3) is 0.429. The molecular formula is C21H25FN6O4. The van der Waals surface area contributed by atoms with Gasteiger partial charge in [-0.2, -0.15) is 5.10 Å². The van der Waals surface area contributed by atoms with Crippen molar-refractivity contribution in [2.24, 2.45) is 13.0 Å². The molecule has 2 unspecified atom stereocenters. The molecule has 3 N–H and O–H groups in total. The average Bonchev–Trinajstić information content (AvgIpc) is 3.21. The molecule has 11 heteroatoms. The van der Waals surface area contributed by atoms with Gasteiger partial charge < -0.3 is 20.6 Å². The van der Waals surface area contributed by atoms with Crippen molar-refractivity contribution in [3.63, 3.8) is 0 Å². The third kappa shape index (κ3) is 4.51. The normalized spacial score (nSPS) is 21.2. The van der Waals surface area contributed by atoms with Gasteiger partial charge in [0.05, 0.1) is 17.8 Å². The van der Waals surface area contributed by atoms with Gasteiger partial charge in [-0.3, -0.25) is 14.4 Å². The van der Waals surface area contributed by atoms with Crippen molar-refractivity contribution in [1.29, 1.82) is 0 Å². The quantitative estimate of drug-likeness (QED) is 0.668. The van der Waals surface area contributed by atoms with Crippen LogP contribution in [0.5, 0.6) is 0 Å². The van der Waals surface area contributed by atoms with E-state index in [-0.39, 0.29) is 18.2 Å². The fourth-order valence-corrected chi connectivity index (χ4v) is 4.20. The minimum Gasteiger partial charge on any atom is -0.481 e. The number of amides is 4.